The zero-order valence-electron chi connectivity index (χ0n) is 11.7. The van der Waals surface area contributed by atoms with Crippen molar-refractivity contribution in [3.63, 3.8) is 0 Å². The van der Waals surface area contributed by atoms with E-state index in [0.717, 1.165) is 12.0 Å². The number of nitrogens with one attached hydrogen (secondary N) is 1. The molecule has 104 valence electrons. The lowest BCUT2D eigenvalue weighted by Gasteiger charge is -2.18. The summed E-state index contributed by atoms with van der Waals surface area (Å²) in [6.45, 7) is 2.10. The van der Waals surface area contributed by atoms with Gasteiger partial charge in [-0.3, -0.25) is 14.9 Å². The molecule has 1 heterocycles. The minimum atomic E-state index is -0.349. The van der Waals surface area contributed by atoms with Crippen molar-refractivity contribution in [3.05, 3.63) is 70.8 Å². The zero-order valence-corrected chi connectivity index (χ0v) is 11.7. The Hall–Kier alpha value is -2.68. The summed E-state index contributed by atoms with van der Waals surface area (Å²) in [7, 11) is 0. The molecule has 0 atom stereocenters. The van der Waals surface area contributed by atoms with Gasteiger partial charge in [0, 0.05) is 11.1 Å². The average molecular weight is 277 g/mol. The Morgan fingerprint density at radius 3 is 2.24 bits per heavy atom. The van der Waals surface area contributed by atoms with Crippen LogP contribution in [0.15, 0.2) is 48.5 Å². The highest BCUT2D eigenvalue weighted by molar-refractivity contribution is 6.33. The molecule has 0 saturated carbocycles. The second kappa shape index (κ2) is 5.37. The lowest BCUT2D eigenvalue weighted by atomic mass is 9.93. The Balaban J connectivity index is 2.07. The molecule has 1 aliphatic heterocycles. The van der Waals surface area contributed by atoms with E-state index in [4.69, 9.17) is 0 Å². The van der Waals surface area contributed by atoms with Gasteiger partial charge in [0.25, 0.3) is 11.8 Å². The molecule has 2 aromatic carbocycles. The third kappa shape index (κ3) is 2.50. The molecule has 0 aliphatic carbocycles. The minimum absolute atomic E-state index is 0.339. The second-order valence-corrected chi connectivity index (χ2v) is 4.98. The first-order valence-electron chi connectivity index (χ1n) is 6.94. The van der Waals surface area contributed by atoms with E-state index in [0.29, 0.717) is 16.7 Å². The van der Waals surface area contributed by atoms with E-state index in [2.05, 4.69) is 12.2 Å². The first kappa shape index (κ1) is 13.3. The molecule has 2 aromatic rings. The first-order valence-corrected chi connectivity index (χ1v) is 6.94. The van der Waals surface area contributed by atoms with Crippen molar-refractivity contribution in [3.8, 4) is 0 Å². The van der Waals surface area contributed by atoms with Crippen LogP contribution in [0.4, 0.5) is 0 Å². The summed E-state index contributed by atoms with van der Waals surface area (Å²) in [5, 5.41) is 2.38. The van der Waals surface area contributed by atoms with E-state index < -0.39 is 0 Å². The number of fused-ring (bicyclic) bond motifs is 1. The molecule has 3 nitrogen and oxygen atoms in total. The van der Waals surface area contributed by atoms with Crippen LogP contribution in [0.2, 0.25) is 0 Å². The predicted molar refractivity (Wildman–Crippen MR) is 82.6 cm³/mol. The van der Waals surface area contributed by atoms with Crippen LogP contribution in [0, 0.1) is 0 Å². The minimum Gasteiger partial charge on any atom is -0.288 e. The number of hydrogen-bond acceptors (Lipinski definition) is 2. The highest BCUT2D eigenvalue weighted by Gasteiger charge is 2.26. The van der Waals surface area contributed by atoms with Gasteiger partial charge in [0.15, 0.2) is 0 Å². The van der Waals surface area contributed by atoms with Crippen LogP contribution in [-0.2, 0) is 11.2 Å². The summed E-state index contributed by atoms with van der Waals surface area (Å²) >= 11 is 0. The number of carbonyl (C=O) groups excluding carboxylic acids is 2. The Bertz CT molecular complexity index is 742. The number of imide groups is 1. The zero-order chi connectivity index (χ0) is 14.8. The largest absolute Gasteiger partial charge is 0.288 e. The van der Waals surface area contributed by atoms with E-state index in [1.54, 1.807) is 18.2 Å². The Labute approximate surface area is 123 Å². The van der Waals surface area contributed by atoms with Gasteiger partial charge < -0.3 is 0 Å². The second-order valence-electron chi connectivity index (χ2n) is 4.98. The van der Waals surface area contributed by atoms with Crippen LogP contribution in [-0.4, -0.2) is 11.8 Å². The number of rotatable bonds is 2. The van der Waals surface area contributed by atoms with Crippen molar-refractivity contribution in [2.24, 2.45) is 0 Å². The standard InChI is InChI=1S/C18H15NO2/c1-2-12-7-9-13(10-8-12)11-16-14-5-3-4-6-15(14)17(20)19-18(16)21/h3-11H,2H2,1H3,(H,19,20,21)/b16-11+. The van der Waals surface area contributed by atoms with Crippen LogP contribution in [0.25, 0.3) is 11.6 Å². The Morgan fingerprint density at radius 1 is 0.905 bits per heavy atom. The summed E-state index contributed by atoms with van der Waals surface area (Å²) in [6.07, 6.45) is 2.80. The molecular formula is C18H15NO2. The van der Waals surface area contributed by atoms with Gasteiger partial charge in [0.2, 0.25) is 0 Å². The third-order valence-electron chi connectivity index (χ3n) is 3.63. The molecule has 0 saturated heterocycles. The monoisotopic (exact) mass is 277 g/mol. The van der Waals surface area contributed by atoms with E-state index in [-0.39, 0.29) is 11.8 Å². The lowest BCUT2D eigenvalue weighted by Crippen LogP contribution is -2.36. The van der Waals surface area contributed by atoms with E-state index in [9.17, 15) is 9.59 Å². The number of carbonyl (C=O) groups is 2. The van der Waals surface area contributed by atoms with E-state index in [1.165, 1.54) is 5.56 Å². The normalized spacial score (nSPS) is 15.8. The SMILES string of the molecule is CCc1ccc(/C=C2/C(=O)NC(=O)c3ccccc32)cc1. The summed E-state index contributed by atoms with van der Waals surface area (Å²) in [5.41, 5.74) is 3.94. The highest BCUT2D eigenvalue weighted by Crippen LogP contribution is 2.26. The van der Waals surface area contributed by atoms with Gasteiger partial charge >= 0.3 is 0 Å². The smallest absolute Gasteiger partial charge is 0.258 e. The fraction of sp³-hybridized carbons (Fsp3) is 0.111. The van der Waals surface area contributed by atoms with Crippen molar-refractivity contribution < 1.29 is 9.59 Å². The molecule has 0 unspecified atom stereocenters. The molecule has 3 rings (SSSR count). The van der Waals surface area contributed by atoms with Gasteiger partial charge in [-0.05, 0) is 35.3 Å². The van der Waals surface area contributed by atoms with E-state index in [1.807, 2.05) is 36.4 Å². The number of amides is 2. The molecule has 0 spiro atoms. The molecule has 0 bridgehead atoms. The lowest BCUT2D eigenvalue weighted by molar-refractivity contribution is -0.114. The van der Waals surface area contributed by atoms with Crippen molar-refractivity contribution in [1.82, 2.24) is 5.32 Å². The van der Waals surface area contributed by atoms with Crippen molar-refractivity contribution >= 4 is 23.5 Å². The highest BCUT2D eigenvalue weighted by atomic mass is 16.2. The molecule has 3 heteroatoms. The fourth-order valence-corrected chi connectivity index (χ4v) is 2.44. The maximum atomic E-state index is 12.1. The molecule has 2 amide bonds. The molecule has 1 aliphatic rings. The maximum absolute atomic E-state index is 12.1. The van der Waals surface area contributed by atoms with Crippen molar-refractivity contribution in [1.29, 1.82) is 0 Å². The van der Waals surface area contributed by atoms with Crippen LogP contribution in [0.1, 0.15) is 34.0 Å². The van der Waals surface area contributed by atoms with Gasteiger partial charge in [0.1, 0.15) is 0 Å². The van der Waals surface area contributed by atoms with Crippen molar-refractivity contribution in [2.45, 2.75) is 13.3 Å². The van der Waals surface area contributed by atoms with Crippen LogP contribution >= 0.6 is 0 Å². The molecular weight excluding hydrogens is 262 g/mol. The summed E-state index contributed by atoms with van der Waals surface area (Å²) in [5.74, 6) is -0.688. The van der Waals surface area contributed by atoms with Gasteiger partial charge in [-0.25, -0.2) is 0 Å². The van der Waals surface area contributed by atoms with Gasteiger partial charge in [-0.1, -0.05) is 49.4 Å². The molecule has 21 heavy (non-hydrogen) atoms. The molecule has 0 fully saturated rings. The van der Waals surface area contributed by atoms with Gasteiger partial charge in [-0.15, -0.1) is 0 Å². The number of benzene rings is 2. The Morgan fingerprint density at radius 2 is 1.57 bits per heavy atom. The molecule has 0 aromatic heterocycles. The quantitative estimate of drug-likeness (QED) is 0.677. The topological polar surface area (TPSA) is 46.2 Å². The predicted octanol–water partition coefficient (Wildman–Crippen LogP) is 3.06. The molecule has 1 N–H and O–H groups in total. The van der Waals surface area contributed by atoms with Gasteiger partial charge in [0.05, 0.1) is 0 Å². The third-order valence-corrected chi connectivity index (χ3v) is 3.63. The van der Waals surface area contributed by atoms with Gasteiger partial charge in [-0.2, -0.15) is 0 Å². The average Bonchev–Trinajstić information content (AvgIpc) is 2.52. The van der Waals surface area contributed by atoms with Crippen LogP contribution in [0.3, 0.4) is 0 Å². The number of hydrogen-bond donors (Lipinski definition) is 1. The van der Waals surface area contributed by atoms with E-state index >= 15 is 0 Å². The summed E-state index contributed by atoms with van der Waals surface area (Å²) in [4.78, 5) is 23.9. The summed E-state index contributed by atoms with van der Waals surface area (Å²) < 4.78 is 0. The van der Waals surface area contributed by atoms with Crippen LogP contribution in [0.5, 0.6) is 0 Å². The fourth-order valence-electron chi connectivity index (χ4n) is 2.44. The summed E-state index contributed by atoms with van der Waals surface area (Å²) in [6, 6.07) is 15.2. The molecule has 0 radical (unpaired) electrons. The Kier molecular flexibility index (Phi) is 3.40. The maximum Gasteiger partial charge on any atom is 0.258 e. The van der Waals surface area contributed by atoms with Crippen molar-refractivity contribution in [2.75, 3.05) is 0 Å². The number of aryl methyl sites for hydroxylation is 1. The van der Waals surface area contributed by atoms with Crippen LogP contribution < -0.4 is 5.32 Å². The first-order chi connectivity index (χ1) is 10.2.